The maximum absolute atomic E-state index is 11.9. The van der Waals surface area contributed by atoms with Gasteiger partial charge in [0, 0.05) is 19.1 Å². The highest BCUT2D eigenvalue weighted by Gasteiger charge is 2.49. The van der Waals surface area contributed by atoms with Crippen molar-refractivity contribution in [3.8, 4) is 0 Å². The van der Waals surface area contributed by atoms with Crippen LogP contribution in [0.15, 0.2) is 0 Å². The molecule has 1 heterocycles. The van der Waals surface area contributed by atoms with Crippen LogP contribution in [0.4, 0.5) is 0 Å². The van der Waals surface area contributed by atoms with Crippen molar-refractivity contribution >= 4 is 5.97 Å². The van der Waals surface area contributed by atoms with Gasteiger partial charge in [0.25, 0.3) is 0 Å². The number of rotatable bonds is 6. The zero-order valence-corrected chi connectivity index (χ0v) is 13.6. The summed E-state index contributed by atoms with van der Waals surface area (Å²) in [4.78, 5) is 14.3. The normalized spacial score (nSPS) is 34.5. The highest BCUT2D eigenvalue weighted by atomic mass is 16.5. The van der Waals surface area contributed by atoms with Crippen LogP contribution >= 0.6 is 0 Å². The van der Waals surface area contributed by atoms with E-state index in [0.717, 1.165) is 51.9 Å². The van der Waals surface area contributed by atoms with Gasteiger partial charge in [-0.2, -0.15) is 0 Å². The van der Waals surface area contributed by atoms with E-state index in [1.807, 2.05) is 13.8 Å². The Balaban J connectivity index is 1.95. The number of carboxylic acid groups (broad SMARTS) is 1. The van der Waals surface area contributed by atoms with Crippen LogP contribution in [0.2, 0.25) is 0 Å². The van der Waals surface area contributed by atoms with Crippen LogP contribution in [-0.4, -0.2) is 59.9 Å². The molecule has 0 aromatic rings. The number of nitrogens with one attached hydrogen (secondary N) is 1. The van der Waals surface area contributed by atoms with Crippen molar-refractivity contribution in [2.45, 2.75) is 64.1 Å². The highest BCUT2D eigenvalue weighted by Crippen LogP contribution is 2.39. The molecule has 1 saturated heterocycles. The Labute approximate surface area is 128 Å². The average Bonchev–Trinajstić information content (AvgIpc) is 2.80. The minimum Gasteiger partial charge on any atom is -0.480 e. The molecule has 3 unspecified atom stereocenters. The largest absolute Gasteiger partial charge is 0.480 e. The average molecular weight is 298 g/mol. The fourth-order valence-electron chi connectivity index (χ4n) is 3.95. The monoisotopic (exact) mass is 298 g/mol. The lowest BCUT2D eigenvalue weighted by atomic mass is 9.83. The van der Waals surface area contributed by atoms with Gasteiger partial charge in [0.1, 0.15) is 5.54 Å². The van der Waals surface area contributed by atoms with E-state index in [-0.39, 0.29) is 12.0 Å². The Bertz CT molecular complexity index is 361. The molecule has 21 heavy (non-hydrogen) atoms. The summed E-state index contributed by atoms with van der Waals surface area (Å²) in [6.45, 7) is 9.86. The first kappa shape index (κ1) is 16.7. The van der Waals surface area contributed by atoms with Crippen molar-refractivity contribution in [1.82, 2.24) is 10.2 Å². The number of carbonyl (C=O) groups is 1. The van der Waals surface area contributed by atoms with Crippen molar-refractivity contribution < 1.29 is 14.6 Å². The molecule has 2 aliphatic rings. The molecule has 5 heteroatoms. The molecule has 0 radical (unpaired) electrons. The first-order valence-corrected chi connectivity index (χ1v) is 8.29. The number of hydrogen-bond donors (Lipinski definition) is 2. The second-order valence-electron chi connectivity index (χ2n) is 6.94. The maximum atomic E-state index is 11.9. The third-order valence-electron chi connectivity index (χ3n) is 4.87. The van der Waals surface area contributed by atoms with Crippen molar-refractivity contribution in [2.75, 3.05) is 26.2 Å². The van der Waals surface area contributed by atoms with Gasteiger partial charge in [-0.15, -0.1) is 0 Å². The second-order valence-corrected chi connectivity index (χ2v) is 6.94. The minimum atomic E-state index is -0.716. The van der Waals surface area contributed by atoms with Crippen LogP contribution in [0.3, 0.4) is 0 Å². The third-order valence-corrected chi connectivity index (χ3v) is 4.87. The van der Waals surface area contributed by atoms with Gasteiger partial charge in [-0.25, -0.2) is 0 Å². The van der Waals surface area contributed by atoms with Gasteiger partial charge >= 0.3 is 5.97 Å². The van der Waals surface area contributed by atoms with E-state index in [0.29, 0.717) is 6.10 Å². The fraction of sp³-hybridized carbons (Fsp3) is 0.938. The molecular weight excluding hydrogens is 268 g/mol. The van der Waals surface area contributed by atoms with Gasteiger partial charge in [0.05, 0.1) is 12.7 Å². The molecule has 5 nitrogen and oxygen atoms in total. The summed E-state index contributed by atoms with van der Waals surface area (Å²) in [5.41, 5.74) is -0.716. The summed E-state index contributed by atoms with van der Waals surface area (Å²) >= 11 is 0. The standard InChI is InChI=1S/C16H30N2O3/c1-12(2)17-16(15(19)20)7-4-5-14(16)6-8-18-9-10-21-13(3)11-18/h12-14,17H,4-11H2,1-3H3,(H,19,20). The van der Waals surface area contributed by atoms with Crippen LogP contribution < -0.4 is 5.32 Å². The lowest BCUT2D eigenvalue weighted by Crippen LogP contribution is -2.57. The number of carboxylic acids is 1. The molecule has 122 valence electrons. The van der Waals surface area contributed by atoms with Gasteiger partial charge < -0.3 is 9.84 Å². The van der Waals surface area contributed by atoms with Crippen molar-refractivity contribution in [3.05, 3.63) is 0 Å². The van der Waals surface area contributed by atoms with E-state index in [1.54, 1.807) is 0 Å². The summed E-state index contributed by atoms with van der Waals surface area (Å²) in [7, 11) is 0. The van der Waals surface area contributed by atoms with Crippen LogP contribution in [0.1, 0.15) is 46.5 Å². The van der Waals surface area contributed by atoms with Crippen LogP contribution in [0.25, 0.3) is 0 Å². The summed E-state index contributed by atoms with van der Waals surface area (Å²) < 4.78 is 5.56. The SMILES string of the molecule is CC(C)NC1(C(=O)O)CCCC1CCN1CCOC(C)C1. The Morgan fingerprint density at radius 2 is 2.29 bits per heavy atom. The third kappa shape index (κ3) is 3.96. The summed E-state index contributed by atoms with van der Waals surface area (Å²) in [6.07, 6.45) is 4.03. The van der Waals surface area contributed by atoms with E-state index in [4.69, 9.17) is 4.74 Å². The predicted molar refractivity (Wildman–Crippen MR) is 82.5 cm³/mol. The van der Waals surface area contributed by atoms with Crippen molar-refractivity contribution in [3.63, 3.8) is 0 Å². The minimum absolute atomic E-state index is 0.199. The Morgan fingerprint density at radius 1 is 1.52 bits per heavy atom. The van der Waals surface area contributed by atoms with E-state index >= 15 is 0 Å². The van der Waals surface area contributed by atoms with Gasteiger partial charge in [-0.1, -0.05) is 6.42 Å². The van der Waals surface area contributed by atoms with E-state index in [2.05, 4.69) is 17.1 Å². The first-order chi connectivity index (χ1) is 9.94. The molecule has 2 rings (SSSR count). The number of aliphatic carboxylic acids is 1. The van der Waals surface area contributed by atoms with Crippen LogP contribution in [0, 0.1) is 5.92 Å². The van der Waals surface area contributed by atoms with Gasteiger partial charge in [0.15, 0.2) is 0 Å². The number of nitrogens with zero attached hydrogens (tertiary/aromatic N) is 1. The van der Waals surface area contributed by atoms with Crippen molar-refractivity contribution in [2.24, 2.45) is 5.92 Å². The molecule has 1 aliphatic heterocycles. The lowest BCUT2D eigenvalue weighted by Gasteiger charge is -2.37. The Kier molecular flexibility index (Phi) is 5.63. The van der Waals surface area contributed by atoms with E-state index < -0.39 is 11.5 Å². The first-order valence-electron chi connectivity index (χ1n) is 8.29. The molecule has 0 spiro atoms. The van der Waals surface area contributed by atoms with Gasteiger partial charge in [-0.05, 0) is 52.5 Å². The molecule has 0 amide bonds. The number of hydrogen-bond acceptors (Lipinski definition) is 4. The smallest absolute Gasteiger partial charge is 0.324 e. The zero-order valence-electron chi connectivity index (χ0n) is 13.6. The lowest BCUT2D eigenvalue weighted by molar-refractivity contribution is -0.147. The Morgan fingerprint density at radius 3 is 2.90 bits per heavy atom. The molecule has 2 N–H and O–H groups in total. The molecule has 1 saturated carbocycles. The second kappa shape index (κ2) is 7.07. The summed E-state index contributed by atoms with van der Waals surface area (Å²) in [5.74, 6) is -0.440. The quantitative estimate of drug-likeness (QED) is 0.782. The molecule has 2 fully saturated rings. The number of morpholine rings is 1. The van der Waals surface area contributed by atoms with Crippen molar-refractivity contribution in [1.29, 1.82) is 0 Å². The molecule has 0 bridgehead atoms. The van der Waals surface area contributed by atoms with Gasteiger partial charge in [-0.3, -0.25) is 15.0 Å². The highest BCUT2D eigenvalue weighted by molar-refractivity contribution is 5.79. The topological polar surface area (TPSA) is 61.8 Å². The van der Waals surface area contributed by atoms with Gasteiger partial charge in [0.2, 0.25) is 0 Å². The predicted octanol–water partition coefficient (Wildman–Crippen LogP) is 1.72. The van der Waals surface area contributed by atoms with Crippen LogP contribution in [-0.2, 0) is 9.53 Å². The Hall–Kier alpha value is -0.650. The maximum Gasteiger partial charge on any atom is 0.324 e. The number of ether oxygens (including phenoxy) is 1. The fourth-order valence-corrected chi connectivity index (χ4v) is 3.95. The molecular formula is C16H30N2O3. The van der Waals surface area contributed by atoms with E-state index in [9.17, 15) is 9.90 Å². The van der Waals surface area contributed by atoms with Crippen LogP contribution in [0.5, 0.6) is 0 Å². The summed E-state index contributed by atoms with van der Waals surface area (Å²) in [5, 5.41) is 13.1. The molecule has 0 aromatic heterocycles. The molecule has 1 aliphatic carbocycles. The van der Waals surface area contributed by atoms with E-state index in [1.165, 1.54) is 0 Å². The molecule has 3 atom stereocenters. The summed E-state index contributed by atoms with van der Waals surface area (Å²) in [6, 6.07) is 0.199. The molecule has 0 aromatic carbocycles. The zero-order chi connectivity index (χ0) is 15.5.